The molecule has 1 aliphatic heterocycles. The molecule has 0 aliphatic carbocycles. The highest BCUT2D eigenvalue weighted by Crippen LogP contribution is 2.14. The van der Waals surface area contributed by atoms with Crippen LogP contribution in [0.4, 0.5) is 10.5 Å². The summed E-state index contributed by atoms with van der Waals surface area (Å²) in [6.07, 6.45) is 2.20. The predicted molar refractivity (Wildman–Crippen MR) is 82.4 cm³/mol. The second-order valence-corrected chi connectivity index (χ2v) is 5.07. The van der Waals surface area contributed by atoms with E-state index in [2.05, 4.69) is 5.32 Å². The molecule has 1 heterocycles. The van der Waals surface area contributed by atoms with E-state index in [1.54, 1.807) is 0 Å². The lowest BCUT2D eigenvalue weighted by molar-refractivity contribution is 0.0453. The van der Waals surface area contributed by atoms with Gasteiger partial charge in [0.15, 0.2) is 0 Å². The molecule has 1 aliphatic rings. The van der Waals surface area contributed by atoms with Crippen molar-refractivity contribution in [2.75, 3.05) is 38.2 Å². The standard InChI is InChI=1S/C16H24N2O3/c1-2-20-10-11-21-13-14-6-5-7-15(12-14)17-16(19)18-8-3-4-9-18/h5-7,12H,2-4,8-11,13H2,1H3,(H,17,19). The van der Waals surface area contributed by atoms with E-state index < -0.39 is 0 Å². The maximum absolute atomic E-state index is 12.0. The van der Waals surface area contributed by atoms with Crippen molar-refractivity contribution in [3.05, 3.63) is 29.8 Å². The fourth-order valence-electron chi connectivity index (χ4n) is 2.31. The highest BCUT2D eigenvalue weighted by Gasteiger charge is 2.17. The van der Waals surface area contributed by atoms with Crippen LogP contribution in [0.3, 0.4) is 0 Å². The zero-order chi connectivity index (χ0) is 14.9. The molecule has 1 N–H and O–H groups in total. The molecule has 1 aromatic rings. The van der Waals surface area contributed by atoms with Crippen molar-refractivity contribution in [3.8, 4) is 0 Å². The molecule has 5 heteroatoms. The number of benzene rings is 1. The molecule has 0 bridgehead atoms. The summed E-state index contributed by atoms with van der Waals surface area (Å²) in [5.74, 6) is 0. The number of nitrogens with zero attached hydrogens (tertiary/aromatic N) is 1. The number of anilines is 1. The normalized spacial score (nSPS) is 14.4. The Morgan fingerprint density at radius 3 is 2.76 bits per heavy atom. The van der Waals surface area contributed by atoms with Crippen LogP contribution in [0.1, 0.15) is 25.3 Å². The molecule has 2 amide bonds. The second kappa shape index (κ2) is 8.64. The van der Waals surface area contributed by atoms with E-state index in [1.807, 2.05) is 36.1 Å². The summed E-state index contributed by atoms with van der Waals surface area (Å²) in [6, 6.07) is 7.77. The number of hydrogen-bond donors (Lipinski definition) is 1. The van der Waals surface area contributed by atoms with Crippen LogP contribution in [0.5, 0.6) is 0 Å². The van der Waals surface area contributed by atoms with E-state index in [1.165, 1.54) is 0 Å². The summed E-state index contributed by atoms with van der Waals surface area (Å²) in [6.45, 7) is 6.10. The average Bonchev–Trinajstić information content (AvgIpc) is 3.02. The monoisotopic (exact) mass is 292 g/mol. The van der Waals surface area contributed by atoms with Crippen LogP contribution < -0.4 is 5.32 Å². The van der Waals surface area contributed by atoms with Crippen LogP contribution in [0.2, 0.25) is 0 Å². The fraction of sp³-hybridized carbons (Fsp3) is 0.562. The van der Waals surface area contributed by atoms with Gasteiger partial charge in [-0.05, 0) is 37.5 Å². The molecule has 0 spiro atoms. The first-order chi connectivity index (χ1) is 10.3. The third-order valence-electron chi connectivity index (χ3n) is 3.42. The summed E-state index contributed by atoms with van der Waals surface area (Å²) >= 11 is 0. The fourth-order valence-corrected chi connectivity index (χ4v) is 2.31. The van der Waals surface area contributed by atoms with E-state index in [0.717, 1.165) is 37.2 Å². The van der Waals surface area contributed by atoms with Gasteiger partial charge >= 0.3 is 6.03 Å². The molecule has 0 saturated carbocycles. The highest BCUT2D eigenvalue weighted by atomic mass is 16.5. The zero-order valence-corrected chi connectivity index (χ0v) is 12.6. The molecule has 1 fully saturated rings. The maximum Gasteiger partial charge on any atom is 0.321 e. The molecule has 116 valence electrons. The molecule has 1 saturated heterocycles. The Bertz CT molecular complexity index is 445. The summed E-state index contributed by atoms with van der Waals surface area (Å²) < 4.78 is 10.8. The Hall–Kier alpha value is -1.59. The van der Waals surface area contributed by atoms with Crippen molar-refractivity contribution >= 4 is 11.7 Å². The number of nitrogens with one attached hydrogen (secondary N) is 1. The predicted octanol–water partition coefficient (Wildman–Crippen LogP) is 2.87. The molecule has 5 nitrogen and oxygen atoms in total. The van der Waals surface area contributed by atoms with Crippen molar-refractivity contribution in [1.82, 2.24) is 4.90 Å². The van der Waals surface area contributed by atoms with Crippen LogP contribution in [-0.2, 0) is 16.1 Å². The van der Waals surface area contributed by atoms with Gasteiger partial charge in [0, 0.05) is 25.4 Å². The first-order valence-electron chi connectivity index (χ1n) is 7.60. The Kier molecular flexibility index (Phi) is 6.50. The van der Waals surface area contributed by atoms with Crippen molar-refractivity contribution in [2.45, 2.75) is 26.4 Å². The van der Waals surface area contributed by atoms with Gasteiger partial charge in [0.25, 0.3) is 0 Å². The molecular formula is C16H24N2O3. The highest BCUT2D eigenvalue weighted by molar-refractivity contribution is 5.89. The lowest BCUT2D eigenvalue weighted by atomic mass is 10.2. The Morgan fingerprint density at radius 1 is 1.24 bits per heavy atom. The van der Waals surface area contributed by atoms with Gasteiger partial charge in [-0.1, -0.05) is 12.1 Å². The first kappa shape index (κ1) is 15.8. The Morgan fingerprint density at radius 2 is 2.00 bits per heavy atom. The molecule has 21 heavy (non-hydrogen) atoms. The van der Waals surface area contributed by atoms with Crippen LogP contribution in [-0.4, -0.2) is 43.8 Å². The Balaban J connectivity index is 1.78. The van der Waals surface area contributed by atoms with Gasteiger partial charge in [-0.2, -0.15) is 0 Å². The summed E-state index contributed by atoms with van der Waals surface area (Å²) in [5.41, 5.74) is 1.86. The second-order valence-electron chi connectivity index (χ2n) is 5.07. The van der Waals surface area contributed by atoms with Crippen molar-refractivity contribution in [1.29, 1.82) is 0 Å². The molecular weight excluding hydrogens is 268 g/mol. The number of amides is 2. The molecule has 0 radical (unpaired) electrons. The minimum absolute atomic E-state index is 0.0121. The molecule has 0 unspecified atom stereocenters. The SMILES string of the molecule is CCOCCOCc1cccc(NC(=O)N2CCCC2)c1. The van der Waals surface area contributed by atoms with Crippen LogP contribution in [0.15, 0.2) is 24.3 Å². The molecule has 2 rings (SSSR count). The van der Waals surface area contributed by atoms with Gasteiger partial charge in [0.1, 0.15) is 0 Å². The van der Waals surface area contributed by atoms with Crippen molar-refractivity contribution in [3.63, 3.8) is 0 Å². The quantitative estimate of drug-likeness (QED) is 0.786. The van der Waals surface area contributed by atoms with Gasteiger partial charge in [-0.15, -0.1) is 0 Å². The summed E-state index contributed by atoms with van der Waals surface area (Å²) in [7, 11) is 0. The average molecular weight is 292 g/mol. The van der Waals surface area contributed by atoms with E-state index in [0.29, 0.717) is 26.4 Å². The smallest absolute Gasteiger partial charge is 0.321 e. The van der Waals surface area contributed by atoms with Crippen LogP contribution >= 0.6 is 0 Å². The number of rotatable bonds is 7. The van der Waals surface area contributed by atoms with E-state index in [9.17, 15) is 4.79 Å². The van der Waals surface area contributed by atoms with Gasteiger partial charge in [-0.25, -0.2) is 4.79 Å². The summed E-state index contributed by atoms with van der Waals surface area (Å²) in [4.78, 5) is 13.9. The maximum atomic E-state index is 12.0. The Labute approximate surface area is 126 Å². The summed E-state index contributed by atoms with van der Waals surface area (Å²) in [5, 5.41) is 2.94. The van der Waals surface area contributed by atoms with Crippen LogP contribution in [0, 0.1) is 0 Å². The number of likely N-dealkylation sites (tertiary alicyclic amines) is 1. The van der Waals surface area contributed by atoms with Crippen molar-refractivity contribution in [2.24, 2.45) is 0 Å². The lowest BCUT2D eigenvalue weighted by Gasteiger charge is -2.16. The molecule has 0 atom stereocenters. The molecule has 0 aromatic heterocycles. The number of carbonyl (C=O) groups is 1. The van der Waals surface area contributed by atoms with Gasteiger partial charge in [0.2, 0.25) is 0 Å². The number of urea groups is 1. The zero-order valence-electron chi connectivity index (χ0n) is 12.6. The minimum Gasteiger partial charge on any atom is -0.379 e. The lowest BCUT2D eigenvalue weighted by Crippen LogP contribution is -2.32. The third-order valence-corrected chi connectivity index (χ3v) is 3.42. The topological polar surface area (TPSA) is 50.8 Å². The van der Waals surface area contributed by atoms with Gasteiger partial charge in [-0.3, -0.25) is 0 Å². The van der Waals surface area contributed by atoms with Gasteiger partial charge in [0.05, 0.1) is 19.8 Å². The van der Waals surface area contributed by atoms with E-state index in [4.69, 9.17) is 9.47 Å². The number of ether oxygens (including phenoxy) is 2. The van der Waals surface area contributed by atoms with E-state index in [-0.39, 0.29) is 6.03 Å². The van der Waals surface area contributed by atoms with Gasteiger partial charge < -0.3 is 19.7 Å². The molecule has 1 aromatic carbocycles. The third kappa shape index (κ3) is 5.36. The van der Waals surface area contributed by atoms with Crippen LogP contribution in [0.25, 0.3) is 0 Å². The number of hydrogen-bond acceptors (Lipinski definition) is 3. The number of carbonyl (C=O) groups excluding carboxylic acids is 1. The largest absolute Gasteiger partial charge is 0.379 e. The first-order valence-corrected chi connectivity index (χ1v) is 7.60. The van der Waals surface area contributed by atoms with Crippen molar-refractivity contribution < 1.29 is 14.3 Å². The minimum atomic E-state index is -0.0121. The van der Waals surface area contributed by atoms with E-state index >= 15 is 0 Å².